The van der Waals surface area contributed by atoms with Crippen molar-refractivity contribution in [2.75, 3.05) is 7.11 Å². The minimum Gasteiger partial charge on any atom is -0.496 e. The van der Waals surface area contributed by atoms with Crippen LogP contribution < -0.4 is 10.1 Å². The molecular formula is C17H21NO3. The molecule has 0 saturated carbocycles. The van der Waals surface area contributed by atoms with E-state index in [0.717, 1.165) is 28.5 Å². The average molecular weight is 287 g/mol. The van der Waals surface area contributed by atoms with Gasteiger partial charge in [-0.05, 0) is 23.4 Å². The van der Waals surface area contributed by atoms with Crippen molar-refractivity contribution in [3.63, 3.8) is 0 Å². The van der Waals surface area contributed by atoms with Crippen LogP contribution in [0.3, 0.4) is 0 Å². The Balaban J connectivity index is 2.25. The molecule has 0 saturated heterocycles. The van der Waals surface area contributed by atoms with E-state index in [-0.39, 0.29) is 0 Å². The Hall–Kier alpha value is -2.07. The first-order chi connectivity index (χ1) is 10.2. The number of carboxylic acids is 1. The van der Waals surface area contributed by atoms with Gasteiger partial charge in [0.1, 0.15) is 11.8 Å². The number of hydrogen-bond acceptors (Lipinski definition) is 3. The summed E-state index contributed by atoms with van der Waals surface area (Å²) in [5, 5.41) is 14.5. The molecule has 2 aromatic carbocycles. The van der Waals surface area contributed by atoms with Gasteiger partial charge >= 0.3 is 5.97 Å². The molecule has 0 aliphatic rings. The Bertz CT molecular complexity index is 624. The summed E-state index contributed by atoms with van der Waals surface area (Å²) in [4.78, 5) is 11.2. The zero-order chi connectivity index (χ0) is 15.2. The predicted octanol–water partition coefficient (Wildman–Crippen LogP) is 3.19. The van der Waals surface area contributed by atoms with E-state index in [1.165, 1.54) is 0 Å². The maximum absolute atomic E-state index is 11.2. The summed E-state index contributed by atoms with van der Waals surface area (Å²) in [6.07, 6.45) is 1.47. The first-order valence-corrected chi connectivity index (χ1v) is 7.18. The number of aliphatic carboxylic acids is 1. The number of carboxylic acid groups (broad SMARTS) is 1. The standard InChI is InChI=1S/C17H21NO3/c1-3-6-15(17(19)20)18-11-12-9-10-16(21-2)14-8-5-4-7-13(12)14/h4-5,7-10,15,18H,3,6,11H2,1-2H3,(H,19,20). The van der Waals surface area contributed by atoms with Crippen LogP contribution in [0.1, 0.15) is 25.3 Å². The maximum atomic E-state index is 11.2. The van der Waals surface area contributed by atoms with Crippen LogP contribution in [-0.4, -0.2) is 24.2 Å². The van der Waals surface area contributed by atoms with E-state index in [0.29, 0.717) is 13.0 Å². The van der Waals surface area contributed by atoms with Crippen LogP contribution in [0.4, 0.5) is 0 Å². The van der Waals surface area contributed by atoms with Crippen molar-refractivity contribution in [3.8, 4) is 5.75 Å². The largest absolute Gasteiger partial charge is 0.496 e. The molecule has 112 valence electrons. The van der Waals surface area contributed by atoms with E-state index in [2.05, 4.69) is 5.32 Å². The number of carbonyl (C=O) groups is 1. The molecule has 0 amide bonds. The molecule has 0 aromatic heterocycles. The minimum atomic E-state index is -0.797. The van der Waals surface area contributed by atoms with E-state index < -0.39 is 12.0 Å². The Morgan fingerprint density at radius 1 is 1.24 bits per heavy atom. The molecule has 21 heavy (non-hydrogen) atoms. The number of ether oxygens (including phenoxy) is 1. The fraction of sp³-hybridized carbons (Fsp3) is 0.353. The topological polar surface area (TPSA) is 58.6 Å². The third-order valence-corrected chi connectivity index (χ3v) is 3.61. The van der Waals surface area contributed by atoms with Gasteiger partial charge in [-0.1, -0.05) is 43.7 Å². The number of fused-ring (bicyclic) bond motifs is 1. The molecule has 0 aliphatic heterocycles. The van der Waals surface area contributed by atoms with E-state index >= 15 is 0 Å². The highest BCUT2D eigenvalue weighted by Crippen LogP contribution is 2.28. The van der Waals surface area contributed by atoms with E-state index in [4.69, 9.17) is 4.74 Å². The molecular weight excluding hydrogens is 266 g/mol. The Morgan fingerprint density at radius 3 is 2.57 bits per heavy atom. The lowest BCUT2D eigenvalue weighted by molar-refractivity contribution is -0.139. The van der Waals surface area contributed by atoms with Gasteiger partial charge in [0.25, 0.3) is 0 Å². The summed E-state index contributed by atoms with van der Waals surface area (Å²) in [6.45, 7) is 2.52. The monoisotopic (exact) mass is 287 g/mol. The van der Waals surface area contributed by atoms with E-state index in [1.54, 1.807) is 7.11 Å². The highest BCUT2D eigenvalue weighted by atomic mass is 16.5. The molecule has 1 unspecified atom stereocenters. The van der Waals surface area contributed by atoms with Gasteiger partial charge in [-0.3, -0.25) is 4.79 Å². The summed E-state index contributed by atoms with van der Waals surface area (Å²) in [5.74, 6) is 0.0346. The molecule has 2 N–H and O–H groups in total. The van der Waals surface area contributed by atoms with Gasteiger partial charge in [-0.2, -0.15) is 0 Å². The zero-order valence-electron chi connectivity index (χ0n) is 12.4. The molecule has 0 heterocycles. The van der Waals surface area contributed by atoms with Crippen LogP contribution in [0.25, 0.3) is 10.8 Å². The quantitative estimate of drug-likeness (QED) is 0.821. The second-order valence-corrected chi connectivity index (χ2v) is 5.03. The molecule has 2 aromatic rings. The number of benzene rings is 2. The Kier molecular flexibility index (Phi) is 5.17. The summed E-state index contributed by atoms with van der Waals surface area (Å²) >= 11 is 0. The van der Waals surface area contributed by atoms with Crippen LogP contribution in [-0.2, 0) is 11.3 Å². The van der Waals surface area contributed by atoms with Gasteiger partial charge in [-0.25, -0.2) is 0 Å². The van der Waals surface area contributed by atoms with E-state index in [1.807, 2.05) is 43.3 Å². The van der Waals surface area contributed by atoms with Crippen molar-refractivity contribution in [2.24, 2.45) is 0 Å². The second-order valence-electron chi connectivity index (χ2n) is 5.03. The Labute approximate surface area is 124 Å². The SMILES string of the molecule is CCCC(NCc1ccc(OC)c2ccccc12)C(=O)O. The van der Waals surface area contributed by atoms with Crippen molar-refractivity contribution in [1.82, 2.24) is 5.32 Å². The van der Waals surface area contributed by atoms with Crippen molar-refractivity contribution < 1.29 is 14.6 Å². The van der Waals surface area contributed by atoms with Crippen LogP contribution >= 0.6 is 0 Å². The van der Waals surface area contributed by atoms with Gasteiger partial charge < -0.3 is 15.2 Å². The molecule has 0 spiro atoms. The number of rotatable bonds is 7. The normalized spacial score (nSPS) is 12.3. The van der Waals surface area contributed by atoms with Gasteiger partial charge in [0.15, 0.2) is 0 Å². The van der Waals surface area contributed by atoms with Gasteiger partial charge in [0.05, 0.1) is 7.11 Å². The van der Waals surface area contributed by atoms with Crippen LogP contribution in [0, 0.1) is 0 Å². The molecule has 0 fully saturated rings. The van der Waals surface area contributed by atoms with Crippen molar-refractivity contribution >= 4 is 16.7 Å². The molecule has 4 nitrogen and oxygen atoms in total. The summed E-state index contributed by atoms with van der Waals surface area (Å²) in [7, 11) is 1.65. The smallest absolute Gasteiger partial charge is 0.320 e. The highest BCUT2D eigenvalue weighted by Gasteiger charge is 2.16. The first kappa shape index (κ1) is 15.3. The third kappa shape index (κ3) is 3.52. The number of methoxy groups -OCH3 is 1. The van der Waals surface area contributed by atoms with Crippen molar-refractivity contribution in [2.45, 2.75) is 32.4 Å². The predicted molar refractivity (Wildman–Crippen MR) is 83.7 cm³/mol. The summed E-state index contributed by atoms with van der Waals surface area (Å²) in [5.41, 5.74) is 1.08. The molecule has 4 heteroatoms. The number of nitrogens with one attached hydrogen (secondary N) is 1. The van der Waals surface area contributed by atoms with Crippen LogP contribution in [0.15, 0.2) is 36.4 Å². The molecule has 0 aliphatic carbocycles. The maximum Gasteiger partial charge on any atom is 0.320 e. The minimum absolute atomic E-state index is 0.504. The average Bonchev–Trinajstić information content (AvgIpc) is 2.50. The lowest BCUT2D eigenvalue weighted by Gasteiger charge is -2.15. The second kappa shape index (κ2) is 7.09. The lowest BCUT2D eigenvalue weighted by Crippen LogP contribution is -2.36. The van der Waals surface area contributed by atoms with Gasteiger partial charge in [-0.15, -0.1) is 0 Å². The van der Waals surface area contributed by atoms with E-state index in [9.17, 15) is 9.90 Å². The third-order valence-electron chi connectivity index (χ3n) is 3.61. The molecule has 2 rings (SSSR count). The number of hydrogen-bond donors (Lipinski definition) is 2. The Morgan fingerprint density at radius 2 is 1.95 bits per heavy atom. The summed E-state index contributed by atoms with van der Waals surface area (Å²) in [6, 6.07) is 11.4. The van der Waals surface area contributed by atoms with Crippen LogP contribution in [0.2, 0.25) is 0 Å². The highest BCUT2D eigenvalue weighted by molar-refractivity contribution is 5.91. The molecule has 0 bridgehead atoms. The zero-order valence-corrected chi connectivity index (χ0v) is 12.4. The lowest BCUT2D eigenvalue weighted by atomic mass is 10.0. The molecule has 1 atom stereocenters. The van der Waals surface area contributed by atoms with Gasteiger partial charge in [0.2, 0.25) is 0 Å². The van der Waals surface area contributed by atoms with Crippen molar-refractivity contribution in [3.05, 3.63) is 42.0 Å². The first-order valence-electron chi connectivity index (χ1n) is 7.18. The fourth-order valence-electron chi connectivity index (χ4n) is 2.50. The fourth-order valence-corrected chi connectivity index (χ4v) is 2.50. The van der Waals surface area contributed by atoms with Crippen LogP contribution in [0.5, 0.6) is 5.75 Å². The molecule has 0 radical (unpaired) electrons. The summed E-state index contributed by atoms with van der Waals surface area (Å²) < 4.78 is 5.37. The van der Waals surface area contributed by atoms with Crippen molar-refractivity contribution in [1.29, 1.82) is 0 Å². The van der Waals surface area contributed by atoms with Gasteiger partial charge in [0, 0.05) is 11.9 Å².